The lowest BCUT2D eigenvalue weighted by Crippen LogP contribution is -2.48. The average Bonchev–Trinajstić information content (AvgIpc) is 3.18. The molecule has 0 bridgehead atoms. The van der Waals surface area contributed by atoms with Crippen molar-refractivity contribution in [3.8, 4) is 0 Å². The molecule has 1 saturated heterocycles. The minimum absolute atomic E-state index is 0.0194. The number of fused-ring (bicyclic) bond motifs is 1. The molecule has 3 heterocycles. The lowest BCUT2D eigenvalue weighted by molar-refractivity contribution is 0.0861. The van der Waals surface area contributed by atoms with Gasteiger partial charge in [-0.05, 0) is 51.0 Å². The zero-order valence-electron chi connectivity index (χ0n) is 17.5. The van der Waals surface area contributed by atoms with Crippen molar-refractivity contribution in [2.45, 2.75) is 45.9 Å². The second kappa shape index (κ2) is 7.42. The van der Waals surface area contributed by atoms with Gasteiger partial charge in [-0.1, -0.05) is 17.7 Å². The predicted octanol–water partition coefficient (Wildman–Crippen LogP) is 3.54. The maximum absolute atomic E-state index is 13.6. The van der Waals surface area contributed by atoms with Crippen LogP contribution in [0.5, 0.6) is 0 Å². The fourth-order valence-electron chi connectivity index (χ4n) is 3.99. The number of rotatable bonds is 5. The molecular weight excluding hydrogens is 494 g/mol. The van der Waals surface area contributed by atoms with Gasteiger partial charge in [0, 0.05) is 6.54 Å². The van der Waals surface area contributed by atoms with Crippen LogP contribution in [0.1, 0.15) is 26.7 Å². The van der Waals surface area contributed by atoms with Crippen LogP contribution in [0.4, 0.5) is 5.82 Å². The molecule has 1 saturated carbocycles. The Morgan fingerprint density at radius 2 is 1.84 bits per heavy atom. The van der Waals surface area contributed by atoms with E-state index in [4.69, 9.17) is 16.3 Å². The largest absolute Gasteiger partial charge is 0.377 e. The number of benzene rings is 1. The molecule has 172 valence electrons. The molecule has 0 atom stereocenters. The highest BCUT2D eigenvalue weighted by molar-refractivity contribution is 7.95. The number of morpholine rings is 1. The maximum atomic E-state index is 13.6. The summed E-state index contributed by atoms with van der Waals surface area (Å²) >= 11 is 7.26. The quantitative estimate of drug-likeness (QED) is 0.512. The summed E-state index contributed by atoms with van der Waals surface area (Å²) in [5.74, 6) is 0.515. The highest BCUT2D eigenvalue weighted by Crippen LogP contribution is 2.48. The molecule has 0 unspecified atom stereocenters. The first-order valence-electron chi connectivity index (χ1n) is 10.2. The van der Waals surface area contributed by atoms with Gasteiger partial charge >= 0.3 is 0 Å². The van der Waals surface area contributed by atoms with E-state index in [0.717, 1.165) is 28.3 Å². The van der Waals surface area contributed by atoms with E-state index in [-0.39, 0.29) is 14.0 Å². The molecular formula is C20H22ClN3O5S3. The number of ether oxygens (including phenoxy) is 1. The standard InChI is InChI=1S/C20H22ClN3O5S3/c1-13(2)31(25,26)16-6-7-17(30-16)32(27,28)24-15-5-3-4-14(21)18(15)19(22-24)23-10-11-29-12-20(23)8-9-20/h3-7,13H,8-12H2,1-2H3. The summed E-state index contributed by atoms with van der Waals surface area (Å²) in [5.41, 5.74) is 0.186. The number of thiophene rings is 1. The van der Waals surface area contributed by atoms with Crippen molar-refractivity contribution in [2.24, 2.45) is 0 Å². The van der Waals surface area contributed by atoms with Gasteiger partial charge in [-0.15, -0.1) is 16.4 Å². The lowest BCUT2D eigenvalue weighted by atomic mass is 10.1. The van der Waals surface area contributed by atoms with Crippen LogP contribution in [0.2, 0.25) is 5.02 Å². The number of aromatic nitrogens is 2. The fourth-order valence-corrected chi connectivity index (χ4v) is 8.82. The molecule has 0 radical (unpaired) electrons. The lowest BCUT2D eigenvalue weighted by Gasteiger charge is -2.36. The van der Waals surface area contributed by atoms with Gasteiger partial charge in [0.05, 0.1) is 39.9 Å². The molecule has 2 aromatic heterocycles. The van der Waals surface area contributed by atoms with E-state index in [1.807, 2.05) is 0 Å². The van der Waals surface area contributed by atoms with E-state index < -0.39 is 25.1 Å². The van der Waals surface area contributed by atoms with Crippen molar-refractivity contribution in [3.05, 3.63) is 35.4 Å². The third kappa shape index (κ3) is 3.28. The van der Waals surface area contributed by atoms with Crippen molar-refractivity contribution in [1.82, 2.24) is 9.19 Å². The topological polar surface area (TPSA) is 98.6 Å². The van der Waals surface area contributed by atoms with Gasteiger partial charge in [0.25, 0.3) is 10.0 Å². The summed E-state index contributed by atoms with van der Waals surface area (Å²) < 4.78 is 58.7. The van der Waals surface area contributed by atoms with Gasteiger partial charge < -0.3 is 9.64 Å². The smallest absolute Gasteiger partial charge is 0.293 e. The first-order valence-corrected chi connectivity index (χ1v) is 14.4. The second-order valence-corrected chi connectivity index (χ2v) is 14.6. The van der Waals surface area contributed by atoms with E-state index in [9.17, 15) is 16.8 Å². The molecule has 0 amide bonds. The van der Waals surface area contributed by atoms with Crippen molar-refractivity contribution < 1.29 is 21.6 Å². The van der Waals surface area contributed by atoms with Crippen LogP contribution in [0, 0.1) is 0 Å². The molecule has 0 N–H and O–H groups in total. The monoisotopic (exact) mass is 515 g/mol. The molecule has 2 fully saturated rings. The summed E-state index contributed by atoms with van der Waals surface area (Å²) in [6.07, 6.45) is 1.89. The van der Waals surface area contributed by atoms with Crippen LogP contribution in [0.3, 0.4) is 0 Å². The molecule has 3 aromatic rings. The van der Waals surface area contributed by atoms with E-state index in [1.165, 1.54) is 12.1 Å². The van der Waals surface area contributed by atoms with Gasteiger partial charge in [0.1, 0.15) is 8.42 Å². The Balaban J connectivity index is 1.67. The minimum Gasteiger partial charge on any atom is -0.377 e. The highest BCUT2D eigenvalue weighted by atomic mass is 35.5. The Kier molecular flexibility index (Phi) is 5.14. The summed E-state index contributed by atoms with van der Waals surface area (Å²) in [7, 11) is -7.72. The molecule has 1 aliphatic heterocycles. The minimum atomic E-state index is -4.14. The van der Waals surface area contributed by atoms with E-state index >= 15 is 0 Å². The van der Waals surface area contributed by atoms with Crippen molar-refractivity contribution in [2.75, 3.05) is 24.7 Å². The second-order valence-electron chi connectivity index (χ2n) is 8.40. The Labute approximate surface area is 195 Å². The van der Waals surface area contributed by atoms with E-state index in [0.29, 0.717) is 41.5 Å². The SMILES string of the molecule is CC(C)S(=O)(=O)c1ccc(S(=O)(=O)n2nc(N3CCOCC34CC4)c3c(Cl)cccc32)s1. The third-order valence-electron chi connectivity index (χ3n) is 6.03. The van der Waals surface area contributed by atoms with Crippen LogP contribution in [-0.2, 0) is 24.6 Å². The molecule has 2 aliphatic rings. The molecule has 12 heteroatoms. The fraction of sp³-hybridized carbons (Fsp3) is 0.450. The summed E-state index contributed by atoms with van der Waals surface area (Å²) in [6.45, 7) is 4.81. The van der Waals surface area contributed by atoms with Gasteiger partial charge in [0.2, 0.25) is 0 Å². The zero-order valence-corrected chi connectivity index (χ0v) is 20.7. The van der Waals surface area contributed by atoms with Crippen molar-refractivity contribution in [1.29, 1.82) is 0 Å². The summed E-state index contributed by atoms with van der Waals surface area (Å²) in [5, 5.41) is 4.87. The highest BCUT2D eigenvalue weighted by Gasteiger charge is 2.51. The van der Waals surface area contributed by atoms with Crippen molar-refractivity contribution >= 4 is 59.5 Å². The van der Waals surface area contributed by atoms with Crippen molar-refractivity contribution in [3.63, 3.8) is 0 Å². The number of halogens is 1. The Morgan fingerprint density at radius 1 is 1.12 bits per heavy atom. The maximum Gasteiger partial charge on any atom is 0.293 e. The molecule has 32 heavy (non-hydrogen) atoms. The first kappa shape index (κ1) is 22.1. The Bertz CT molecular complexity index is 1420. The average molecular weight is 516 g/mol. The van der Waals surface area contributed by atoms with Crippen LogP contribution in [0.25, 0.3) is 10.9 Å². The molecule has 8 nitrogen and oxygen atoms in total. The van der Waals surface area contributed by atoms with Crippen LogP contribution < -0.4 is 4.90 Å². The first-order chi connectivity index (χ1) is 15.1. The summed E-state index contributed by atoms with van der Waals surface area (Å²) in [4.78, 5) is 2.11. The summed E-state index contributed by atoms with van der Waals surface area (Å²) in [6, 6.07) is 7.72. The van der Waals surface area contributed by atoms with Gasteiger partial charge in [-0.2, -0.15) is 12.5 Å². The van der Waals surface area contributed by atoms with Crippen LogP contribution >= 0.6 is 22.9 Å². The number of nitrogens with zero attached hydrogens (tertiary/aromatic N) is 3. The molecule has 1 aromatic carbocycles. The Morgan fingerprint density at radius 3 is 2.53 bits per heavy atom. The number of hydrogen-bond acceptors (Lipinski definition) is 8. The Hall–Kier alpha value is -1.66. The number of sulfone groups is 1. The van der Waals surface area contributed by atoms with Crippen LogP contribution in [-0.4, -0.2) is 56.6 Å². The van der Waals surface area contributed by atoms with E-state index in [2.05, 4.69) is 10.00 Å². The van der Waals surface area contributed by atoms with Crippen LogP contribution in [0.15, 0.2) is 38.8 Å². The number of anilines is 1. The normalized spacial score (nSPS) is 18.7. The number of hydrogen-bond donors (Lipinski definition) is 0. The molecule has 5 rings (SSSR count). The molecule has 1 spiro atoms. The van der Waals surface area contributed by atoms with Gasteiger partial charge in [0.15, 0.2) is 15.7 Å². The van der Waals surface area contributed by atoms with E-state index in [1.54, 1.807) is 32.0 Å². The molecule has 1 aliphatic carbocycles. The van der Waals surface area contributed by atoms with Gasteiger partial charge in [-0.25, -0.2) is 8.42 Å². The third-order valence-corrected chi connectivity index (χ3v) is 12.2. The predicted molar refractivity (Wildman–Crippen MR) is 124 cm³/mol. The van der Waals surface area contributed by atoms with Gasteiger partial charge in [-0.3, -0.25) is 0 Å². The zero-order chi connectivity index (χ0) is 22.9.